The lowest BCUT2D eigenvalue weighted by molar-refractivity contribution is 0.539. The summed E-state index contributed by atoms with van der Waals surface area (Å²) in [7, 11) is 0. The topological polar surface area (TPSA) is 69.9 Å². The summed E-state index contributed by atoms with van der Waals surface area (Å²) in [5.74, 6) is 0.381. The van der Waals surface area contributed by atoms with Crippen molar-refractivity contribution in [1.29, 1.82) is 0 Å². The van der Waals surface area contributed by atoms with Crippen LogP contribution in [-0.2, 0) is 0 Å². The van der Waals surface area contributed by atoms with E-state index in [9.17, 15) is 0 Å². The fourth-order valence-electron chi connectivity index (χ4n) is 1.78. The summed E-state index contributed by atoms with van der Waals surface area (Å²) in [6, 6.07) is 7.82. The first kappa shape index (κ1) is 10.8. The van der Waals surface area contributed by atoms with Crippen LogP contribution in [0.2, 0.25) is 0 Å². The Morgan fingerprint density at radius 3 is 2.83 bits per heavy atom. The van der Waals surface area contributed by atoms with E-state index < -0.39 is 0 Å². The minimum Gasteiger partial charge on any atom is -0.422 e. The molecule has 92 valence electrons. The van der Waals surface area contributed by atoms with Crippen molar-refractivity contribution in [2.24, 2.45) is 0 Å². The molecule has 2 heterocycles. The second-order valence-corrected chi connectivity index (χ2v) is 4.56. The highest BCUT2D eigenvalue weighted by atomic mass is 16.4. The van der Waals surface area contributed by atoms with Crippen LogP contribution in [0.4, 0.5) is 5.69 Å². The van der Waals surface area contributed by atoms with Crippen LogP contribution in [0.5, 0.6) is 0 Å². The Bertz CT molecular complexity index is 696. The molecule has 2 N–H and O–H groups in total. The number of fused-ring (bicyclic) bond motifs is 1. The molecule has 0 radical (unpaired) electrons. The van der Waals surface area contributed by atoms with Gasteiger partial charge in [0.1, 0.15) is 5.52 Å². The van der Waals surface area contributed by atoms with Gasteiger partial charge in [-0.15, -0.1) is 0 Å². The van der Waals surface area contributed by atoms with E-state index in [1.807, 2.05) is 18.3 Å². The highest BCUT2D eigenvalue weighted by molar-refractivity contribution is 5.77. The maximum atomic E-state index is 5.71. The Hall–Kier alpha value is -2.30. The van der Waals surface area contributed by atoms with Gasteiger partial charge in [0.25, 0.3) is 0 Å². The molecule has 0 aliphatic heterocycles. The smallest absolute Gasteiger partial charge is 0.323 e. The van der Waals surface area contributed by atoms with Crippen LogP contribution in [0.3, 0.4) is 0 Å². The van der Waals surface area contributed by atoms with Gasteiger partial charge in [0.2, 0.25) is 0 Å². The number of oxazole rings is 1. The minimum absolute atomic E-state index is 0.381. The maximum Gasteiger partial charge on any atom is 0.323 e. The predicted molar refractivity (Wildman–Crippen MR) is 69.6 cm³/mol. The number of hydrogen-bond donors (Lipinski definition) is 1. The van der Waals surface area contributed by atoms with Gasteiger partial charge < -0.3 is 10.2 Å². The second kappa shape index (κ2) is 3.87. The Balaban J connectivity index is 2.07. The SMILES string of the molecule is CC(C)c1ccn(-c2nc3cc(N)ccc3o2)n1. The molecule has 5 heteroatoms. The van der Waals surface area contributed by atoms with Crippen LogP contribution in [0.15, 0.2) is 34.9 Å². The molecule has 1 aromatic carbocycles. The largest absolute Gasteiger partial charge is 0.422 e. The van der Waals surface area contributed by atoms with E-state index in [0.29, 0.717) is 23.2 Å². The average molecular weight is 242 g/mol. The quantitative estimate of drug-likeness (QED) is 0.701. The molecule has 0 spiro atoms. The lowest BCUT2D eigenvalue weighted by Crippen LogP contribution is -1.97. The van der Waals surface area contributed by atoms with E-state index in [1.165, 1.54) is 0 Å². The summed E-state index contributed by atoms with van der Waals surface area (Å²) in [6.45, 7) is 4.19. The van der Waals surface area contributed by atoms with Crippen molar-refractivity contribution in [3.8, 4) is 6.01 Å². The van der Waals surface area contributed by atoms with Crippen molar-refractivity contribution in [2.75, 3.05) is 5.73 Å². The molecule has 0 amide bonds. The molecule has 2 aromatic heterocycles. The minimum atomic E-state index is 0.381. The molecule has 0 saturated heterocycles. The Morgan fingerprint density at radius 1 is 1.28 bits per heavy atom. The summed E-state index contributed by atoms with van der Waals surface area (Å²) < 4.78 is 7.28. The molecule has 0 unspecified atom stereocenters. The number of nitrogen functional groups attached to an aromatic ring is 1. The van der Waals surface area contributed by atoms with Crippen molar-refractivity contribution in [1.82, 2.24) is 14.8 Å². The van der Waals surface area contributed by atoms with E-state index >= 15 is 0 Å². The third-order valence-electron chi connectivity index (χ3n) is 2.80. The average Bonchev–Trinajstić information content (AvgIpc) is 2.93. The lowest BCUT2D eigenvalue weighted by atomic mass is 10.1. The molecule has 0 bridgehead atoms. The van der Waals surface area contributed by atoms with Gasteiger partial charge in [-0.2, -0.15) is 14.8 Å². The molecule has 5 nitrogen and oxygen atoms in total. The number of benzene rings is 1. The monoisotopic (exact) mass is 242 g/mol. The van der Waals surface area contributed by atoms with E-state index in [2.05, 4.69) is 23.9 Å². The van der Waals surface area contributed by atoms with Crippen molar-refractivity contribution in [3.63, 3.8) is 0 Å². The van der Waals surface area contributed by atoms with Crippen molar-refractivity contribution >= 4 is 16.8 Å². The van der Waals surface area contributed by atoms with Crippen LogP contribution in [0.25, 0.3) is 17.1 Å². The van der Waals surface area contributed by atoms with Crippen LogP contribution < -0.4 is 5.73 Å². The molecular weight excluding hydrogens is 228 g/mol. The van der Waals surface area contributed by atoms with Gasteiger partial charge in [0.15, 0.2) is 5.58 Å². The molecule has 0 aliphatic carbocycles. The standard InChI is InChI=1S/C13H14N4O/c1-8(2)10-5-6-17(16-10)13-15-11-7-9(14)3-4-12(11)18-13/h3-8H,14H2,1-2H3. The van der Waals surface area contributed by atoms with Crippen LogP contribution >= 0.6 is 0 Å². The molecule has 3 aromatic rings. The number of aromatic nitrogens is 3. The number of nitrogens with zero attached hydrogens (tertiary/aromatic N) is 3. The first-order valence-corrected chi connectivity index (χ1v) is 5.85. The Morgan fingerprint density at radius 2 is 2.11 bits per heavy atom. The zero-order valence-corrected chi connectivity index (χ0v) is 10.3. The van der Waals surface area contributed by atoms with Gasteiger partial charge in [-0.3, -0.25) is 0 Å². The van der Waals surface area contributed by atoms with Crippen LogP contribution in [-0.4, -0.2) is 14.8 Å². The van der Waals surface area contributed by atoms with Gasteiger partial charge >= 0.3 is 6.01 Å². The summed E-state index contributed by atoms with van der Waals surface area (Å²) >= 11 is 0. The Kier molecular flexibility index (Phi) is 2.33. The normalized spacial score (nSPS) is 11.5. The first-order valence-electron chi connectivity index (χ1n) is 5.85. The molecule has 0 saturated carbocycles. The third kappa shape index (κ3) is 1.73. The fourth-order valence-corrected chi connectivity index (χ4v) is 1.78. The third-order valence-corrected chi connectivity index (χ3v) is 2.80. The molecule has 0 aliphatic rings. The molecule has 3 rings (SSSR count). The van der Waals surface area contributed by atoms with Crippen molar-refractivity contribution in [2.45, 2.75) is 19.8 Å². The lowest BCUT2D eigenvalue weighted by Gasteiger charge is -1.97. The van der Waals surface area contributed by atoms with Crippen LogP contribution in [0, 0.1) is 0 Å². The van der Waals surface area contributed by atoms with E-state index in [-0.39, 0.29) is 0 Å². The molecule has 18 heavy (non-hydrogen) atoms. The second-order valence-electron chi connectivity index (χ2n) is 4.56. The van der Waals surface area contributed by atoms with Gasteiger partial charge in [-0.05, 0) is 30.2 Å². The maximum absolute atomic E-state index is 5.71. The number of rotatable bonds is 2. The van der Waals surface area contributed by atoms with Gasteiger partial charge in [-0.1, -0.05) is 13.8 Å². The molecule has 0 fully saturated rings. The number of anilines is 1. The Labute approximate surface area is 104 Å². The molecular formula is C13H14N4O. The zero-order valence-electron chi connectivity index (χ0n) is 10.3. The fraction of sp³-hybridized carbons (Fsp3) is 0.231. The van der Waals surface area contributed by atoms with E-state index in [1.54, 1.807) is 16.8 Å². The van der Waals surface area contributed by atoms with Gasteiger partial charge in [0, 0.05) is 11.9 Å². The number of hydrogen-bond acceptors (Lipinski definition) is 4. The zero-order chi connectivity index (χ0) is 12.7. The van der Waals surface area contributed by atoms with Gasteiger partial charge in [-0.25, -0.2) is 0 Å². The highest BCUT2D eigenvalue weighted by Gasteiger charge is 2.10. The molecule has 0 atom stereocenters. The van der Waals surface area contributed by atoms with Crippen molar-refractivity contribution < 1.29 is 4.42 Å². The van der Waals surface area contributed by atoms with Crippen molar-refractivity contribution in [3.05, 3.63) is 36.2 Å². The summed E-state index contributed by atoms with van der Waals surface area (Å²) in [6.07, 6.45) is 1.85. The summed E-state index contributed by atoms with van der Waals surface area (Å²) in [5.41, 5.74) is 8.85. The van der Waals surface area contributed by atoms with Crippen LogP contribution in [0.1, 0.15) is 25.5 Å². The van der Waals surface area contributed by atoms with E-state index in [0.717, 1.165) is 11.2 Å². The summed E-state index contributed by atoms with van der Waals surface area (Å²) in [5, 5.41) is 4.43. The highest BCUT2D eigenvalue weighted by Crippen LogP contribution is 2.21. The number of nitrogens with two attached hydrogens (primary N) is 1. The van der Waals surface area contributed by atoms with E-state index in [4.69, 9.17) is 10.2 Å². The predicted octanol–water partition coefficient (Wildman–Crippen LogP) is 2.72. The summed E-state index contributed by atoms with van der Waals surface area (Å²) in [4.78, 5) is 4.37. The van der Waals surface area contributed by atoms with Gasteiger partial charge in [0.05, 0.1) is 5.69 Å². The first-order chi connectivity index (χ1) is 8.63.